The Morgan fingerprint density at radius 1 is 1.40 bits per heavy atom. The lowest BCUT2D eigenvalue weighted by Gasteiger charge is -2.31. The summed E-state index contributed by atoms with van der Waals surface area (Å²) >= 11 is 0. The van der Waals surface area contributed by atoms with Crippen molar-refractivity contribution in [3.8, 4) is 0 Å². The van der Waals surface area contributed by atoms with Gasteiger partial charge in [0.2, 0.25) is 0 Å². The molecule has 0 aliphatic carbocycles. The van der Waals surface area contributed by atoms with Gasteiger partial charge < -0.3 is 10.2 Å². The molecule has 4 nitrogen and oxygen atoms in total. The van der Waals surface area contributed by atoms with Gasteiger partial charge in [-0.25, -0.2) is 9.97 Å². The summed E-state index contributed by atoms with van der Waals surface area (Å²) in [5.74, 6) is 2.29. The second kappa shape index (κ2) is 7.58. The van der Waals surface area contributed by atoms with E-state index in [2.05, 4.69) is 47.0 Å². The van der Waals surface area contributed by atoms with Gasteiger partial charge in [0, 0.05) is 24.8 Å². The second-order valence-corrected chi connectivity index (χ2v) is 6.11. The summed E-state index contributed by atoms with van der Waals surface area (Å²) in [7, 11) is 0. The highest BCUT2D eigenvalue weighted by Crippen LogP contribution is 2.20. The first-order valence-electron chi connectivity index (χ1n) is 7.98. The van der Waals surface area contributed by atoms with Gasteiger partial charge in [0.25, 0.3) is 0 Å². The molecule has 4 heteroatoms. The Balaban J connectivity index is 2.08. The molecule has 2 rings (SSSR count). The molecule has 1 atom stereocenters. The Labute approximate surface area is 123 Å². The van der Waals surface area contributed by atoms with E-state index in [-0.39, 0.29) is 0 Å². The molecule has 1 aliphatic rings. The first-order chi connectivity index (χ1) is 9.70. The zero-order chi connectivity index (χ0) is 14.4. The Morgan fingerprint density at radius 3 is 2.90 bits per heavy atom. The maximum Gasteiger partial charge on any atom is 0.132 e. The lowest BCUT2D eigenvalue weighted by Crippen LogP contribution is -2.39. The summed E-state index contributed by atoms with van der Waals surface area (Å²) in [6.07, 6.45) is 5.49. The minimum Gasteiger partial charge on any atom is -0.356 e. The smallest absolute Gasteiger partial charge is 0.132 e. The summed E-state index contributed by atoms with van der Waals surface area (Å²) in [6, 6.07) is 2.16. The number of piperidine rings is 1. The molecular formula is C16H28N4. The summed E-state index contributed by atoms with van der Waals surface area (Å²) in [5, 5.41) is 3.50. The van der Waals surface area contributed by atoms with Crippen molar-refractivity contribution in [3.63, 3.8) is 0 Å². The van der Waals surface area contributed by atoms with Crippen molar-refractivity contribution >= 4 is 5.82 Å². The average molecular weight is 276 g/mol. The molecule has 0 aromatic carbocycles. The summed E-state index contributed by atoms with van der Waals surface area (Å²) in [6.45, 7) is 11.1. The largest absolute Gasteiger partial charge is 0.356 e. The topological polar surface area (TPSA) is 41.0 Å². The predicted octanol–water partition coefficient (Wildman–Crippen LogP) is 2.82. The predicted molar refractivity (Wildman–Crippen MR) is 84.2 cm³/mol. The molecule has 0 radical (unpaired) electrons. The van der Waals surface area contributed by atoms with Crippen LogP contribution < -0.4 is 10.2 Å². The van der Waals surface area contributed by atoms with Gasteiger partial charge in [0.15, 0.2) is 0 Å². The van der Waals surface area contributed by atoms with E-state index in [4.69, 9.17) is 0 Å². The van der Waals surface area contributed by atoms with Crippen LogP contribution in [0.2, 0.25) is 0 Å². The summed E-state index contributed by atoms with van der Waals surface area (Å²) < 4.78 is 0. The lowest BCUT2D eigenvalue weighted by atomic mass is 9.99. The maximum atomic E-state index is 4.50. The normalized spacial score (nSPS) is 19.3. The van der Waals surface area contributed by atoms with Crippen LogP contribution in [0.15, 0.2) is 12.4 Å². The van der Waals surface area contributed by atoms with Crippen molar-refractivity contribution in [1.29, 1.82) is 0 Å². The van der Waals surface area contributed by atoms with Crippen LogP contribution in [0.3, 0.4) is 0 Å². The van der Waals surface area contributed by atoms with Crippen molar-refractivity contribution in [2.24, 2.45) is 5.92 Å². The van der Waals surface area contributed by atoms with Crippen LogP contribution in [0.5, 0.6) is 0 Å². The van der Waals surface area contributed by atoms with E-state index >= 15 is 0 Å². The van der Waals surface area contributed by atoms with Gasteiger partial charge in [-0.1, -0.05) is 20.8 Å². The fourth-order valence-corrected chi connectivity index (χ4v) is 2.81. The molecule has 0 amide bonds. The molecule has 0 saturated carbocycles. The third-order valence-corrected chi connectivity index (χ3v) is 3.96. The fraction of sp³-hybridized carbons (Fsp3) is 0.750. The fourth-order valence-electron chi connectivity index (χ4n) is 2.81. The van der Waals surface area contributed by atoms with Crippen LogP contribution in [-0.4, -0.2) is 36.1 Å². The zero-order valence-corrected chi connectivity index (χ0v) is 13.1. The van der Waals surface area contributed by atoms with Crippen molar-refractivity contribution in [2.75, 3.05) is 31.1 Å². The minimum absolute atomic E-state index is 0.455. The van der Waals surface area contributed by atoms with E-state index < -0.39 is 0 Å². The first kappa shape index (κ1) is 15.2. The van der Waals surface area contributed by atoms with Gasteiger partial charge in [-0.05, 0) is 44.2 Å². The van der Waals surface area contributed by atoms with E-state index in [0.29, 0.717) is 5.92 Å². The van der Waals surface area contributed by atoms with E-state index in [0.717, 1.165) is 43.5 Å². The quantitative estimate of drug-likeness (QED) is 0.867. The van der Waals surface area contributed by atoms with Gasteiger partial charge in [0.05, 0.1) is 0 Å². The van der Waals surface area contributed by atoms with E-state index in [1.54, 1.807) is 6.33 Å². The van der Waals surface area contributed by atoms with Crippen LogP contribution in [0.4, 0.5) is 5.82 Å². The average Bonchev–Trinajstić information content (AvgIpc) is 2.48. The lowest BCUT2D eigenvalue weighted by molar-refractivity contribution is 0.376. The number of rotatable bonds is 6. The molecular weight excluding hydrogens is 248 g/mol. The second-order valence-electron chi connectivity index (χ2n) is 6.11. The SMILES string of the molecule is CCCN(CC1CCCNC1)c1cc(C(C)C)ncn1. The molecule has 1 saturated heterocycles. The van der Waals surface area contributed by atoms with Crippen LogP contribution in [-0.2, 0) is 0 Å². The molecule has 1 aromatic rings. The molecule has 0 bridgehead atoms. The Hall–Kier alpha value is -1.16. The first-order valence-corrected chi connectivity index (χ1v) is 7.98. The number of hydrogen-bond donors (Lipinski definition) is 1. The maximum absolute atomic E-state index is 4.50. The van der Waals surface area contributed by atoms with Crippen molar-refractivity contribution in [3.05, 3.63) is 18.1 Å². The minimum atomic E-state index is 0.455. The molecule has 1 N–H and O–H groups in total. The monoisotopic (exact) mass is 276 g/mol. The third kappa shape index (κ3) is 4.17. The van der Waals surface area contributed by atoms with Gasteiger partial charge in [-0.2, -0.15) is 0 Å². The van der Waals surface area contributed by atoms with Gasteiger partial charge in [-0.3, -0.25) is 0 Å². The molecule has 1 aliphatic heterocycles. The molecule has 112 valence electrons. The number of hydrogen-bond acceptors (Lipinski definition) is 4. The number of aromatic nitrogens is 2. The number of nitrogens with zero attached hydrogens (tertiary/aromatic N) is 3. The molecule has 0 spiro atoms. The molecule has 20 heavy (non-hydrogen) atoms. The summed E-state index contributed by atoms with van der Waals surface area (Å²) in [4.78, 5) is 11.3. The van der Waals surface area contributed by atoms with Crippen molar-refractivity contribution in [1.82, 2.24) is 15.3 Å². The molecule has 1 fully saturated rings. The van der Waals surface area contributed by atoms with Gasteiger partial charge in [0.1, 0.15) is 12.1 Å². The van der Waals surface area contributed by atoms with Crippen molar-refractivity contribution in [2.45, 2.75) is 46.0 Å². The van der Waals surface area contributed by atoms with Gasteiger partial charge in [-0.15, -0.1) is 0 Å². The van der Waals surface area contributed by atoms with Crippen LogP contribution in [0.1, 0.15) is 51.6 Å². The van der Waals surface area contributed by atoms with Crippen LogP contribution in [0.25, 0.3) is 0 Å². The zero-order valence-electron chi connectivity index (χ0n) is 13.1. The van der Waals surface area contributed by atoms with Crippen molar-refractivity contribution < 1.29 is 0 Å². The Bertz CT molecular complexity index is 399. The third-order valence-electron chi connectivity index (χ3n) is 3.96. The number of anilines is 1. The highest BCUT2D eigenvalue weighted by Gasteiger charge is 2.18. The van der Waals surface area contributed by atoms with Crippen LogP contribution in [0, 0.1) is 5.92 Å². The van der Waals surface area contributed by atoms with E-state index in [1.165, 1.54) is 19.4 Å². The van der Waals surface area contributed by atoms with E-state index in [1.807, 2.05) is 0 Å². The Kier molecular flexibility index (Phi) is 5.77. The van der Waals surface area contributed by atoms with Crippen LogP contribution >= 0.6 is 0 Å². The molecule has 2 heterocycles. The highest BCUT2D eigenvalue weighted by atomic mass is 15.2. The standard InChI is InChI=1S/C16H28N4/c1-4-8-20(11-14-6-5-7-17-10-14)16-9-15(13(2)3)18-12-19-16/h9,12-14,17H,4-8,10-11H2,1-3H3. The highest BCUT2D eigenvalue weighted by molar-refractivity contribution is 5.39. The Morgan fingerprint density at radius 2 is 2.25 bits per heavy atom. The van der Waals surface area contributed by atoms with Gasteiger partial charge >= 0.3 is 0 Å². The number of nitrogens with one attached hydrogen (secondary N) is 1. The van der Waals surface area contributed by atoms with E-state index in [9.17, 15) is 0 Å². The molecule has 1 aromatic heterocycles. The molecule has 1 unspecified atom stereocenters. The summed E-state index contributed by atoms with van der Waals surface area (Å²) in [5.41, 5.74) is 1.14.